The number of rotatable bonds is 2. The lowest BCUT2D eigenvalue weighted by molar-refractivity contribution is -0.130. The molecular weight excluding hydrogens is 280 g/mol. The van der Waals surface area contributed by atoms with Crippen LogP contribution in [0.4, 0.5) is 0 Å². The van der Waals surface area contributed by atoms with Gasteiger partial charge >= 0.3 is 0 Å². The van der Waals surface area contributed by atoms with Crippen molar-refractivity contribution in [1.29, 1.82) is 0 Å². The first-order valence-electron chi connectivity index (χ1n) is 6.20. The van der Waals surface area contributed by atoms with Crippen LogP contribution in [0.25, 0.3) is 0 Å². The van der Waals surface area contributed by atoms with Gasteiger partial charge < -0.3 is 9.47 Å². The minimum absolute atomic E-state index is 0.207. The number of hydrogen-bond acceptors (Lipinski definition) is 1. The van der Waals surface area contributed by atoms with Gasteiger partial charge in [0.2, 0.25) is 5.91 Å². The van der Waals surface area contributed by atoms with Gasteiger partial charge in [-0.05, 0) is 25.0 Å². The van der Waals surface area contributed by atoms with E-state index in [0.29, 0.717) is 5.33 Å². The fraction of sp³-hybridized carbons (Fsp3) is 0.615. The zero-order valence-electron chi connectivity index (χ0n) is 10.2. The molecule has 0 bridgehead atoms. The molecule has 1 amide bonds. The molecule has 0 spiro atoms. The Labute approximate surface area is 111 Å². The first-order chi connectivity index (χ1) is 8.24. The van der Waals surface area contributed by atoms with Crippen molar-refractivity contribution in [3.05, 3.63) is 24.0 Å². The Hall–Kier alpha value is -0.770. The number of hydrogen-bond donors (Lipinski definition) is 0. The highest BCUT2D eigenvalue weighted by Crippen LogP contribution is 2.30. The van der Waals surface area contributed by atoms with E-state index in [0.717, 1.165) is 19.4 Å². The predicted molar refractivity (Wildman–Crippen MR) is 72.1 cm³/mol. The Morgan fingerprint density at radius 1 is 1.47 bits per heavy atom. The number of aromatic nitrogens is 1. The number of nitrogens with zero attached hydrogens (tertiary/aromatic N) is 2. The Morgan fingerprint density at radius 2 is 2.29 bits per heavy atom. The second-order valence-electron chi connectivity index (χ2n) is 4.63. The maximum atomic E-state index is 12.0. The van der Waals surface area contributed by atoms with E-state index in [1.54, 1.807) is 0 Å². The summed E-state index contributed by atoms with van der Waals surface area (Å²) in [6.07, 6.45) is 6.70. The van der Waals surface area contributed by atoms with Crippen LogP contribution in [0, 0.1) is 0 Å². The van der Waals surface area contributed by atoms with Gasteiger partial charge in [-0.1, -0.05) is 28.8 Å². The molecule has 17 heavy (non-hydrogen) atoms. The SMILES string of the molecule is Cn1cccc1C1CCCCCN1C(=O)CBr. The maximum absolute atomic E-state index is 12.0. The Kier molecular flexibility index (Phi) is 4.26. The monoisotopic (exact) mass is 298 g/mol. The molecule has 2 heterocycles. The van der Waals surface area contributed by atoms with Crippen LogP contribution in [-0.2, 0) is 11.8 Å². The number of carbonyl (C=O) groups is 1. The highest BCUT2D eigenvalue weighted by molar-refractivity contribution is 9.09. The molecule has 94 valence electrons. The van der Waals surface area contributed by atoms with E-state index in [2.05, 4.69) is 45.9 Å². The summed E-state index contributed by atoms with van der Waals surface area (Å²) in [6.45, 7) is 0.889. The Bertz CT molecular complexity index is 389. The molecule has 1 saturated heterocycles. The average molecular weight is 299 g/mol. The number of carbonyl (C=O) groups excluding carboxylic acids is 1. The van der Waals surface area contributed by atoms with Crippen molar-refractivity contribution < 1.29 is 4.79 Å². The summed E-state index contributed by atoms with van der Waals surface area (Å²) >= 11 is 3.29. The fourth-order valence-electron chi connectivity index (χ4n) is 2.61. The highest BCUT2D eigenvalue weighted by Gasteiger charge is 2.27. The van der Waals surface area contributed by atoms with Crippen LogP contribution >= 0.6 is 15.9 Å². The van der Waals surface area contributed by atoms with E-state index in [-0.39, 0.29) is 11.9 Å². The summed E-state index contributed by atoms with van der Waals surface area (Å²) in [7, 11) is 2.05. The molecule has 2 rings (SSSR count). The zero-order valence-corrected chi connectivity index (χ0v) is 11.8. The van der Waals surface area contributed by atoms with E-state index in [1.165, 1.54) is 18.5 Å². The van der Waals surface area contributed by atoms with Crippen molar-refractivity contribution in [2.45, 2.75) is 31.7 Å². The minimum Gasteiger partial charge on any atom is -0.353 e. The van der Waals surface area contributed by atoms with Gasteiger partial charge in [0.05, 0.1) is 11.4 Å². The van der Waals surface area contributed by atoms with Gasteiger partial charge in [0.25, 0.3) is 0 Å². The molecule has 1 aromatic rings. The Balaban J connectivity index is 2.26. The summed E-state index contributed by atoms with van der Waals surface area (Å²) in [5.74, 6) is 0.207. The van der Waals surface area contributed by atoms with Crippen molar-refractivity contribution in [3.63, 3.8) is 0 Å². The molecule has 1 unspecified atom stereocenters. The number of halogens is 1. The molecule has 3 nitrogen and oxygen atoms in total. The first-order valence-corrected chi connectivity index (χ1v) is 7.33. The topological polar surface area (TPSA) is 25.2 Å². The molecule has 0 saturated carbocycles. The molecule has 0 radical (unpaired) electrons. The van der Waals surface area contributed by atoms with Crippen LogP contribution in [0.5, 0.6) is 0 Å². The maximum Gasteiger partial charge on any atom is 0.233 e. The molecule has 4 heteroatoms. The van der Waals surface area contributed by atoms with Gasteiger partial charge in [-0.15, -0.1) is 0 Å². The summed E-state index contributed by atoms with van der Waals surface area (Å²) in [6, 6.07) is 4.43. The van der Waals surface area contributed by atoms with Crippen molar-refractivity contribution in [2.24, 2.45) is 7.05 Å². The van der Waals surface area contributed by atoms with E-state index >= 15 is 0 Å². The van der Waals surface area contributed by atoms with Crippen molar-refractivity contribution in [2.75, 3.05) is 11.9 Å². The van der Waals surface area contributed by atoms with Gasteiger partial charge in [0.1, 0.15) is 0 Å². The van der Waals surface area contributed by atoms with E-state index in [4.69, 9.17) is 0 Å². The molecule has 0 aromatic carbocycles. The lowest BCUT2D eigenvalue weighted by atomic mass is 10.1. The summed E-state index contributed by atoms with van der Waals surface area (Å²) in [5.41, 5.74) is 1.25. The van der Waals surface area contributed by atoms with Crippen molar-refractivity contribution in [3.8, 4) is 0 Å². The third-order valence-corrected chi connectivity index (χ3v) is 3.99. The van der Waals surface area contributed by atoms with Crippen LogP contribution in [0.3, 0.4) is 0 Å². The fourth-order valence-corrected chi connectivity index (χ4v) is 2.93. The van der Waals surface area contributed by atoms with E-state index in [9.17, 15) is 4.79 Å². The molecule has 0 N–H and O–H groups in total. The molecule has 1 atom stereocenters. The average Bonchev–Trinajstić information content (AvgIpc) is 2.63. The largest absolute Gasteiger partial charge is 0.353 e. The highest BCUT2D eigenvalue weighted by atomic mass is 79.9. The van der Waals surface area contributed by atoms with Gasteiger partial charge in [0.15, 0.2) is 0 Å². The Morgan fingerprint density at radius 3 is 2.94 bits per heavy atom. The molecule has 0 aliphatic carbocycles. The second kappa shape index (κ2) is 5.71. The first kappa shape index (κ1) is 12.7. The van der Waals surface area contributed by atoms with Crippen LogP contribution in [-0.4, -0.2) is 27.2 Å². The smallest absolute Gasteiger partial charge is 0.233 e. The van der Waals surface area contributed by atoms with Crippen LogP contribution in [0.2, 0.25) is 0 Å². The summed E-state index contributed by atoms with van der Waals surface area (Å²) in [4.78, 5) is 14.0. The zero-order chi connectivity index (χ0) is 12.3. The van der Waals surface area contributed by atoms with Crippen molar-refractivity contribution in [1.82, 2.24) is 9.47 Å². The van der Waals surface area contributed by atoms with Gasteiger partial charge in [-0.3, -0.25) is 4.79 Å². The van der Waals surface area contributed by atoms with Gasteiger partial charge in [-0.25, -0.2) is 0 Å². The van der Waals surface area contributed by atoms with Gasteiger partial charge in [0, 0.05) is 25.5 Å². The standard InChI is InChI=1S/C13H19BrN2O/c1-15-8-5-7-11(15)12-6-3-2-4-9-16(12)13(17)10-14/h5,7-8,12H,2-4,6,9-10H2,1H3. The minimum atomic E-state index is 0.207. The molecule has 1 aromatic heterocycles. The number of alkyl halides is 1. The number of aryl methyl sites for hydroxylation is 1. The normalized spacial score (nSPS) is 21.3. The quantitative estimate of drug-likeness (QED) is 0.771. The molecule has 1 fully saturated rings. The second-order valence-corrected chi connectivity index (χ2v) is 5.19. The van der Waals surface area contributed by atoms with E-state index in [1.807, 2.05) is 4.90 Å². The predicted octanol–water partition coefficient (Wildman–Crippen LogP) is 2.86. The van der Waals surface area contributed by atoms with Crippen LogP contribution in [0.15, 0.2) is 18.3 Å². The van der Waals surface area contributed by atoms with Crippen molar-refractivity contribution >= 4 is 21.8 Å². The third-order valence-electron chi connectivity index (χ3n) is 3.51. The van der Waals surface area contributed by atoms with E-state index < -0.39 is 0 Å². The lowest BCUT2D eigenvalue weighted by Gasteiger charge is -2.30. The van der Waals surface area contributed by atoms with Gasteiger partial charge in [-0.2, -0.15) is 0 Å². The lowest BCUT2D eigenvalue weighted by Crippen LogP contribution is -2.36. The number of likely N-dealkylation sites (tertiary alicyclic amines) is 1. The molecule has 1 aliphatic rings. The van der Waals surface area contributed by atoms with Crippen LogP contribution < -0.4 is 0 Å². The summed E-state index contributed by atoms with van der Waals surface area (Å²) < 4.78 is 2.13. The number of amides is 1. The third kappa shape index (κ3) is 2.73. The molecular formula is C13H19BrN2O. The van der Waals surface area contributed by atoms with Crippen LogP contribution in [0.1, 0.15) is 37.4 Å². The summed E-state index contributed by atoms with van der Waals surface area (Å²) in [5, 5.41) is 0.425. The molecule has 1 aliphatic heterocycles.